The predicted octanol–water partition coefficient (Wildman–Crippen LogP) is 2.75. The topological polar surface area (TPSA) is 38.1 Å². The van der Waals surface area contributed by atoms with Crippen molar-refractivity contribution in [1.29, 1.82) is 0 Å². The minimum atomic E-state index is 0.0804. The van der Waals surface area contributed by atoms with Crippen molar-refractivity contribution >= 4 is 33.9 Å². The number of hydrogen-bond acceptors (Lipinski definition) is 3. The molecule has 0 unspecified atom stereocenters. The monoisotopic (exact) mass is 383 g/mol. The summed E-state index contributed by atoms with van der Waals surface area (Å²) >= 11 is 2.08. The molecule has 0 radical (unpaired) electrons. The predicted molar refractivity (Wildman–Crippen MR) is 89.3 cm³/mol. The lowest BCUT2D eigenvalue weighted by molar-refractivity contribution is 0.0959. The molecule has 3 heterocycles. The summed E-state index contributed by atoms with van der Waals surface area (Å²) in [6.07, 6.45) is 3.96. The third-order valence-corrected chi connectivity index (χ3v) is 5.11. The highest BCUT2D eigenvalue weighted by atomic mass is 127. The fourth-order valence-corrected chi connectivity index (χ4v) is 3.31. The Morgan fingerprint density at radius 2 is 2.25 bits per heavy atom. The van der Waals surface area contributed by atoms with Crippen LogP contribution >= 0.6 is 22.9 Å². The fourth-order valence-electron chi connectivity index (χ4n) is 2.62. The number of likely N-dealkylation sites (tertiary alicyclic amines) is 1. The Balaban J connectivity index is 2.02. The van der Waals surface area contributed by atoms with Crippen molar-refractivity contribution < 1.29 is 0 Å². The lowest BCUT2D eigenvalue weighted by Crippen LogP contribution is -2.44. The van der Waals surface area contributed by atoms with Crippen molar-refractivity contribution in [2.45, 2.75) is 39.3 Å². The molecule has 1 fully saturated rings. The number of pyridine rings is 2. The Morgan fingerprint density at radius 1 is 1.45 bits per heavy atom. The highest BCUT2D eigenvalue weighted by Crippen LogP contribution is 2.21. The Bertz CT molecular complexity index is 710. The van der Waals surface area contributed by atoms with Gasteiger partial charge in [-0.15, -0.1) is 0 Å². The van der Waals surface area contributed by atoms with E-state index in [0.717, 1.165) is 36.1 Å². The molecule has 4 nitrogen and oxygen atoms in total. The van der Waals surface area contributed by atoms with E-state index < -0.39 is 0 Å². The minimum Gasteiger partial charge on any atom is -0.296 e. The Morgan fingerprint density at radius 3 is 2.85 bits per heavy atom. The number of aromatic nitrogens is 2. The molecule has 2 aromatic rings. The first-order valence-electron chi connectivity index (χ1n) is 7.04. The molecule has 2 aromatic heterocycles. The second-order valence-corrected chi connectivity index (χ2v) is 6.43. The van der Waals surface area contributed by atoms with Gasteiger partial charge in [0.15, 0.2) is 0 Å². The lowest BCUT2D eigenvalue weighted by Gasteiger charge is -2.38. The van der Waals surface area contributed by atoms with E-state index >= 15 is 0 Å². The van der Waals surface area contributed by atoms with Gasteiger partial charge >= 0.3 is 0 Å². The van der Waals surface area contributed by atoms with Crippen molar-refractivity contribution in [2.75, 3.05) is 6.54 Å². The van der Waals surface area contributed by atoms with Crippen molar-refractivity contribution in [3.8, 4) is 0 Å². The van der Waals surface area contributed by atoms with Crippen LogP contribution in [0.4, 0.5) is 0 Å². The molecule has 0 aromatic carbocycles. The van der Waals surface area contributed by atoms with Gasteiger partial charge in [-0.2, -0.15) is 0 Å². The summed E-state index contributed by atoms with van der Waals surface area (Å²) in [7, 11) is 0. The molecule has 0 amide bonds. The van der Waals surface area contributed by atoms with Crippen LogP contribution in [0.2, 0.25) is 0 Å². The molecule has 1 aliphatic heterocycles. The van der Waals surface area contributed by atoms with E-state index in [2.05, 4.69) is 45.7 Å². The van der Waals surface area contributed by atoms with E-state index in [4.69, 9.17) is 0 Å². The van der Waals surface area contributed by atoms with Crippen molar-refractivity contribution in [3.05, 3.63) is 39.8 Å². The smallest absolute Gasteiger partial charge is 0.263 e. The summed E-state index contributed by atoms with van der Waals surface area (Å²) in [6.45, 7) is 6.33. The molecule has 1 aliphatic rings. The number of halogens is 1. The zero-order chi connectivity index (χ0) is 14.3. The van der Waals surface area contributed by atoms with Gasteiger partial charge < -0.3 is 0 Å². The van der Waals surface area contributed by atoms with E-state index in [1.54, 1.807) is 2.78 Å². The maximum atomic E-state index is 12.2. The maximum Gasteiger partial charge on any atom is 0.263 e. The first-order chi connectivity index (χ1) is 9.60. The first-order valence-corrected chi connectivity index (χ1v) is 8.00. The molecule has 0 N–H and O–H groups in total. The zero-order valence-electron chi connectivity index (χ0n) is 11.8. The fraction of sp³-hybridized carbons (Fsp3) is 0.467. The number of nitrogens with zero attached hydrogens (tertiary/aromatic N) is 3. The van der Waals surface area contributed by atoms with E-state index in [9.17, 15) is 4.79 Å². The Labute approximate surface area is 132 Å². The van der Waals surface area contributed by atoms with Gasteiger partial charge in [0.05, 0.1) is 33.9 Å². The van der Waals surface area contributed by atoms with Gasteiger partial charge in [-0.3, -0.25) is 14.7 Å². The number of aryl methyl sites for hydroxylation is 1. The van der Waals surface area contributed by atoms with Crippen LogP contribution in [0.25, 0.3) is 11.0 Å². The molecule has 0 aliphatic carbocycles. The summed E-state index contributed by atoms with van der Waals surface area (Å²) in [5, 5.41) is 0. The van der Waals surface area contributed by atoms with Crippen molar-refractivity contribution in [3.63, 3.8) is 0 Å². The minimum absolute atomic E-state index is 0.0804. The van der Waals surface area contributed by atoms with Gasteiger partial charge in [0, 0.05) is 30.9 Å². The van der Waals surface area contributed by atoms with E-state index in [0.29, 0.717) is 6.04 Å². The van der Waals surface area contributed by atoms with Gasteiger partial charge in [0.25, 0.3) is 5.56 Å². The number of rotatable bonds is 3. The number of fused-ring (bicyclic) bond motifs is 1. The second kappa shape index (κ2) is 5.44. The van der Waals surface area contributed by atoms with Gasteiger partial charge in [-0.05, 0) is 37.5 Å². The molecule has 1 atom stereocenters. The summed E-state index contributed by atoms with van der Waals surface area (Å²) in [4.78, 5) is 19.2. The van der Waals surface area contributed by atoms with Crippen molar-refractivity contribution in [1.82, 2.24) is 12.7 Å². The van der Waals surface area contributed by atoms with Crippen LogP contribution in [-0.2, 0) is 13.0 Å². The van der Waals surface area contributed by atoms with Crippen LogP contribution < -0.4 is 5.56 Å². The van der Waals surface area contributed by atoms with Crippen LogP contribution in [0.5, 0.6) is 0 Å². The van der Waals surface area contributed by atoms with Gasteiger partial charge in [-0.25, -0.2) is 2.78 Å². The quantitative estimate of drug-likeness (QED) is 0.766. The zero-order valence-corrected chi connectivity index (χ0v) is 13.9. The molecule has 1 saturated heterocycles. The van der Waals surface area contributed by atoms with E-state index in [1.165, 1.54) is 12.0 Å². The molecule has 0 bridgehead atoms. The first kappa shape index (κ1) is 14.0. The number of hydrogen-bond donors (Lipinski definition) is 0. The second-order valence-electron chi connectivity index (χ2n) is 5.47. The molecule has 0 saturated carbocycles. The summed E-state index contributed by atoms with van der Waals surface area (Å²) in [6, 6.07) is 4.68. The van der Waals surface area contributed by atoms with Crippen LogP contribution in [0.1, 0.15) is 31.4 Å². The third-order valence-electron chi connectivity index (χ3n) is 4.15. The van der Waals surface area contributed by atoms with Crippen LogP contribution in [0, 0.1) is 0 Å². The summed E-state index contributed by atoms with van der Waals surface area (Å²) < 4.78 is 1.70. The van der Waals surface area contributed by atoms with Crippen LogP contribution in [0.15, 0.2) is 23.1 Å². The molecule has 3 rings (SSSR count). The SMILES string of the molecule is CCc1cc2ncc(CN3CC[C@H]3C)cc2n(I)c1=O. The average molecular weight is 383 g/mol. The Hall–Kier alpha value is -0.950. The van der Waals surface area contributed by atoms with E-state index in [-0.39, 0.29) is 5.56 Å². The molecular weight excluding hydrogens is 365 g/mol. The van der Waals surface area contributed by atoms with Crippen LogP contribution in [0.3, 0.4) is 0 Å². The largest absolute Gasteiger partial charge is 0.296 e. The molecule has 5 heteroatoms. The van der Waals surface area contributed by atoms with E-state index in [1.807, 2.05) is 19.2 Å². The highest BCUT2D eigenvalue weighted by molar-refractivity contribution is 14.1. The van der Waals surface area contributed by atoms with Crippen LogP contribution in [-0.4, -0.2) is 25.3 Å². The summed E-state index contributed by atoms with van der Waals surface area (Å²) in [5.41, 5.74) is 3.90. The standard InChI is InChI=1S/C15H18IN3O/c1-3-12-7-13-14(19(16)15(12)20)6-11(8-17-13)9-18-5-4-10(18)2/h6-8,10H,3-5,9H2,1-2H3/t10-/m1/s1. The van der Waals surface area contributed by atoms with Gasteiger partial charge in [0.1, 0.15) is 0 Å². The highest BCUT2D eigenvalue weighted by Gasteiger charge is 2.23. The van der Waals surface area contributed by atoms with Crippen molar-refractivity contribution in [2.24, 2.45) is 0 Å². The van der Waals surface area contributed by atoms with Gasteiger partial charge in [-0.1, -0.05) is 6.92 Å². The molecule has 20 heavy (non-hydrogen) atoms. The normalized spacial score (nSPS) is 19.2. The molecule has 0 spiro atoms. The summed E-state index contributed by atoms with van der Waals surface area (Å²) in [5.74, 6) is 0. The van der Waals surface area contributed by atoms with Gasteiger partial charge in [0.2, 0.25) is 0 Å². The molecule has 106 valence electrons. The third kappa shape index (κ3) is 2.37. The average Bonchev–Trinajstić information content (AvgIpc) is 2.47. The Kier molecular flexibility index (Phi) is 3.81. The maximum absolute atomic E-state index is 12.2. The molecular formula is C15H18IN3O. The lowest BCUT2D eigenvalue weighted by atomic mass is 10.0.